The Morgan fingerprint density at radius 3 is 3.12 bits per heavy atom. The van der Waals surface area contributed by atoms with E-state index in [1.165, 1.54) is 12.1 Å². The highest BCUT2D eigenvalue weighted by Gasteiger charge is 2.33. The highest BCUT2D eigenvalue weighted by Crippen LogP contribution is 2.25. The molecule has 2 heterocycles. The monoisotopic (exact) mass is 367 g/mol. The quantitative estimate of drug-likeness (QED) is 0.532. The van der Waals surface area contributed by atoms with Crippen molar-refractivity contribution in [3.63, 3.8) is 0 Å². The topological polar surface area (TPSA) is 78.9 Å². The molecule has 1 saturated heterocycles. The summed E-state index contributed by atoms with van der Waals surface area (Å²) in [6.07, 6.45) is 0. The first-order valence-corrected chi connectivity index (χ1v) is 9.38. The van der Waals surface area contributed by atoms with E-state index in [4.69, 9.17) is 0 Å². The first-order chi connectivity index (χ1) is 11.6. The smallest absolute Gasteiger partial charge is 0.226 e. The minimum atomic E-state index is -0.302. The Balaban J connectivity index is 1.50. The van der Waals surface area contributed by atoms with Crippen molar-refractivity contribution < 1.29 is 9.18 Å². The molecule has 1 aliphatic heterocycles. The third-order valence-corrected chi connectivity index (χ3v) is 5.63. The summed E-state index contributed by atoms with van der Waals surface area (Å²) in [4.78, 5) is 12.4. The molecule has 1 aromatic carbocycles. The Hall–Kier alpha value is -1.55. The summed E-state index contributed by atoms with van der Waals surface area (Å²) in [5.74, 6) is 0.110. The van der Waals surface area contributed by atoms with Crippen LogP contribution in [0.3, 0.4) is 0 Å². The SMILES string of the molecule is Cc1nnc(SCCNC(=O)C2CNNC2c2cccc(F)c2)s1. The van der Waals surface area contributed by atoms with Crippen molar-refractivity contribution in [3.8, 4) is 0 Å². The fourth-order valence-electron chi connectivity index (χ4n) is 2.54. The average Bonchev–Trinajstić information content (AvgIpc) is 3.20. The van der Waals surface area contributed by atoms with Crippen LogP contribution in [0.15, 0.2) is 28.6 Å². The molecular formula is C15H18FN5OS2. The van der Waals surface area contributed by atoms with Crippen LogP contribution in [0.1, 0.15) is 16.6 Å². The van der Waals surface area contributed by atoms with Crippen LogP contribution < -0.4 is 16.2 Å². The molecule has 2 atom stereocenters. The number of carbonyl (C=O) groups is 1. The lowest BCUT2D eigenvalue weighted by molar-refractivity contribution is -0.124. The molecule has 0 radical (unpaired) electrons. The first-order valence-electron chi connectivity index (χ1n) is 7.58. The summed E-state index contributed by atoms with van der Waals surface area (Å²) in [5.41, 5.74) is 6.80. The van der Waals surface area contributed by atoms with Crippen molar-refractivity contribution in [1.82, 2.24) is 26.4 Å². The van der Waals surface area contributed by atoms with Gasteiger partial charge in [-0.15, -0.1) is 10.2 Å². The Kier molecular flexibility index (Phi) is 5.77. The molecule has 1 aliphatic rings. The number of hydrogen-bond donors (Lipinski definition) is 3. The Morgan fingerprint density at radius 2 is 2.38 bits per heavy atom. The van der Waals surface area contributed by atoms with E-state index >= 15 is 0 Å². The van der Waals surface area contributed by atoms with E-state index in [0.29, 0.717) is 13.1 Å². The molecule has 1 fully saturated rings. The van der Waals surface area contributed by atoms with E-state index in [9.17, 15) is 9.18 Å². The average molecular weight is 367 g/mol. The number of hydrazine groups is 1. The van der Waals surface area contributed by atoms with Crippen molar-refractivity contribution in [3.05, 3.63) is 40.7 Å². The number of nitrogens with zero attached hydrogens (tertiary/aromatic N) is 2. The molecule has 24 heavy (non-hydrogen) atoms. The highest BCUT2D eigenvalue weighted by atomic mass is 32.2. The van der Waals surface area contributed by atoms with E-state index < -0.39 is 0 Å². The van der Waals surface area contributed by atoms with Gasteiger partial charge in [0.2, 0.25) is 5.91 Å². The predicted molar refractivity (Wildman–Crippen MR) is 92.1 cm³/mol. The number of amides is 1. The number of hydrogen-bond acceptors (Lipinski definition) is 7. The van der Waals surface area contributed by atoms with Crippen molar-refractivity contribution in [2.24, 2.45) is 5.92 Å². The number of rotatable bonds is 6. The number of thioether (sulfide) groups is 1. The van der Waals surface area contributed by atoms with Crippen LogP contribution >= 0.6 is 23.1 Å². The summed E-state index contributed by atoms with van der Waals surface area (Å²) >= 11 is 3.12. The first kappa shape index (κ1) is 17.3. The molecular weight excluding hydrogens is 349 g/mol. The van der Waals surface area contributed by atoms with Crippen LogP contribution in [0.2, 0.25) is 0 Å². The number of halogens is 1. The Morgan fingerprint density at radius 1 is 1.50 bits per heavy atom. The molecule has 1 aromatic heterocycles. The van der Waals surface area contributed by atoms with Gasteiger partial charge in [0.05, 0.1) is 12.0 Å². The lowest BCUT2D eigenvalue weighted by atomic mass is 9.94. The zero-order chi connectivity index (χ0) is 16.9. The van der Waals surface area contributed by atoms with E-state index in [1.54, 1.807) is 29.2 Å². The van der Waals surface area contributed by atoms with Crippen molar-refractivity contribution in [2.45, 2.75) is 17.3 Å². The van der Waals surface area contributed by atoms with Crippen LogP contribution in [0.4, 0.5) is 4.39 Å². The lowest BCUT2D eigenvalue weighted by Crippen LogP contribution is -2.36. The normalized spacial score (nSPS) is 20.2. The third kappa shape index (κ3) is 4.29. The summed E-state index contributed by atoms with van der Waals surface area (Å²) in [7, 11) is 0. The van der Waals surface area contributed by atoms with Crippen LogP contribution in [0.5, 0.6) is 0 Å². The molecule has 6 nitrogen and oxygen atoms in total. The third-order valence-electron chi connectivity index (χ3n) is 3.66. The maximum Gasteiger partial charge on any atom is 0.226 e. The molecule has 0 aliphatic carbocycles. The molecule has 2 unspecified atom stereocenters. The molecule has 0 bridgehead atoms. The maximum absolute atomic E-state index is 13.4. The Bertz CT molecular complexity index is 711. The van der Waals surface area contributed by atoms with Gasteiger partial charge in [-0.2, -0.15) is 0 Å². The number of aromatic nitrogens is 2. The second kappa shape index (κ2) is 8.02. The minimum Gasteiger partial charge on any atom is -0.355 e. The zero-order valence-electron chi connectivity index (χ0n) is 13.1. The lowest BCUT2D eigenvalue weighted by Gasteiger charge is -2.18. The molecule has 9 heteroatoms. The number of benzene rings is 1. The van der Waals surface area contributed by atoms with Gasteiger partial charge < -0.3 is 5.32 Å². The van der Waals surface area contributed by atoms with E-state index in [0.717, 1.165) is 20.7 Å². The van der Waals surface area contributed by atoms with Gasteiger partial charge in [-0.1, -0.05) is 35.2 Å². The second-order valence-corrected chi connectivity index (χ2v) is 7.91. The second-order valence-electron chi connectivity index (χ2n) is 5.39. The number of nitrogens with one attached hydrogen (secondary N) is 3. The predicted octanol–water partition coefficient (Wildman–Crippen LogP) is 1.66. The largest absolute Gasteiger partial charge is 0.355 e. The standard InChI is InChI=1S/C15H18FN5OS2/c1-9-19-21-15(24-9)23-6-5-17-14(22)12-8-18-20-13(12)10-3-2-4-11(16)7-10/h2-4,7,12-13,18,20H,5-6,8H2,1H3,(H,17,22). The molecule has 128 valence electrons. The van der Waals surface area contributed by atoms with Crippen LogP contribution in [-0.2, 0) is 4.79 Å². The van der Waals surface area contributed by atoms with Crippen LogP contribution in [0, 0.1) is 18.7 Å². The maximum atomic E-state index is 13.4. The van der Waals surface area contributed by atoms with Gasteiger partial charge >= 0.3 is 0 Å². The fourth-order valence-corrected chi connectivity index (χ4v) is 4.28. The van der Waals surface area contributed by atoms with Gasteiger partial charge in [0.25, 0.3) is 0 Å². The minimum absolute atomic E-state index is 0.0456. The van der Waals surface area contributed by atoms with E-state index in [2.05, 4.69) is 26.4 Å². The van der Waals surface area contributed by atoms with Gasteiger partial charge in [0.15, 0.2) is 4.34 Å². The van der Waals surface area contributed by atoms with Gasteiger partial charge in [0.1, 0.15) is 10.8 Å². The van der Waals surface area contributed by atoms with E-state index in [-0.39, 0.29) is 23.7 Å². The van der Waals surface area contributed by atoms with Crippen molar-refractivity contribution in [1.29, 1.82) is 0 Å². The van der Waals surface area contributed by atoms with Gasteiger partial charge in [-0.25, -0.2) is 9.82 Å². The van der Waals surface area contributed by atoms with Crippen molar-refractivity contribution in [2.75, 3.05) is 18.8 Å². The van der Waals surface area contributed by atoms with Gasteiger partial charge in [-0.05, 0) is 24.6 Å². The summed E-state index contributed by atoms with van der Waals surface area (Å²) in [5, 5.41) is 11.9. The van der Waals surface area contributed by atoms with Gasteiger partial charge in [-0.3, -0.25) is 10.2 Å². The molecule has 0 saturated carbocycles. The molecule has 2 aromatic rings. The van der Waals surface area contributed by atoms with Crippen molar-refractivity contribution >= 4 is 29.0 Å². The zero-order valence-corrected chi connectivity index (χ0v) is 14.7. The number of aryl methyl sites for hydroxylation is 1. The van der Waals surface area contributed by atoms with Crippen LogP contribution in [0.25, 0.3) is 0 Å². The molecule has 3 N–H and O–H groups in total. The molecule has 3 rings (SSSR count). The van der Waals surface area contributed by atoms with Crippen LogP contribution in [-0.4, -0.2) is 34.9 Å². The number of carbonyl (C=O) groups excluding carboxylic acids is 1. The fraction of sp³-hybridized carbons (Fsp3) is 0.400. The highest BCUT2D eigenvalue weighted by molar-refractivity contribution is 8.01. The van der Waals surface area contributed by atoms with Gasteiger partial charge in [0, 0.05) is 18.8 Å². The van der Waals surface area contributed by atoms with E-state index in [1.807, 2.05) is 13.0 Å². The molecule has 1 amide bonds. The summed E-state index contributed by atoms with van der Waals surface area (Å²) in [6.45, 7) is 2.97. The summed E-state index contributed by atoms with van der Waals surface area (Å²) in [6, 6.07) is 6.09. The Labute approximate surface area is 147 Å². The summed E-state index contributed by atoms with van der Waals surface area (Å²) < 4.78 is 14.3. The molecule has 0 spiro atoms.